The number of hydrogen-bond donors (Lipinski definition) is 1. The average molecular weight is 435 g/mol. The van der Waals surface area contributed by atoms with Crippen molar-refractivity contribution in [3.05, 3.63) is 52.1 Å². The Labute approximate surface area is 167 Å². The molecule has 2 aromatic rings. The number of rotatable bonds is 9. The van der Waals surface area contributed by atoms with Gasteiger partial charge < -0.3 is 14.8 Å². The van der Waals surface area contributed by atoms with Crippen molar-refractivity contribution in [2.45, 2.75) is 33.1 Å². The molecule has 1 heterocycles. The molecule has 2 rings (SSSR count). The summed E-state index contributed by atoms with van der Waals surface area (Å²) in [7, 11) is 0. The summed E-state index contributed by atoms with van der Waals surface area (Å²) >= 11 is 3.49. The molecule has 7 heteroatoms. The van der Waals surface area contributed by atoms with Crippen molar-refractivity contribution in [1.29, 1.82) is 0 Å². The molecule has 0 atom stereocenters. The van der Waals surface area contributed by atoms with Crippen LogP contribution in [-0.2, 0) is 16.0 Å². The number of nitrogens with zero attached hydrogens (tertiary/aromatic N) is 1. The number of anilines is 1. The SMILES string of the molecule is CCOC(=O)c1ccnc(NC(=O)CCCOc2ccc(CC)cc2Br)c1. The largest absolute Gasteiger partial charge is 0.492 e. The van der Waals surface area contributed by atoms with Crippen LogP contribution in [0.2, 0.25) is 0 Å². The fourth-order valence-electron chi connectivity index (χ4n) is 2.34. The molecular weight excluding hydrogens is 412 g/mol. The average Bonchev–Trinajstić information content (AvgIpc) is 2.66. The lowest BCUT2D eigenvalue weighted by Crippen LogP contribution is -2.14. The van der Waals surface area contributed by atoms with Gasteiger partial charge in [-0.15, -0.1) is 0 Å². The van der Waals surface area contributed by atoms with Crippen LogP contribution >= 0.6 is 15.9 Å². The Morgan fingerprint density at radius 1 is 1.19 bits per heavy atom. The van der Waals surface area contributed by atoms with E-state index in [1.165, 1.54) is 17.8 Å². The summed E-state index contributed by atoms with van der Waals surface area (Å²) in [6, 6.07) is 9.02. The minimum atomic E-state index is -0.441. The highest BCUT2D eigenvalue weighted by Gasteiger charge is 2.10. The number of benzene rings is 1. The fraction of sp³-hybridized carbons (Fsp3) is 0.350. The van der Waals surface area contributed by atoms with Crippen molar-refractivity contribution >= 4 is 33.6 Å². The smallest absolute Gasteiger partial charge is 0.338 e. The minimum absolute atomic E-state index is 0.187. The summed E-state index contributed by atoms with van der Waals surface area (Å²) in [6.07, 6.45) is 3.27. The van der Waals surface area contributed by atoms with E-state index in [9.17, 15) is 9.59 Å². The summed E-state index contributed by atoms with van der Waals surface area (Å²) in [6.45, 7) is 4.55. The molecule has 0 saturated carbocycles. The van der Waals surface area contributed by atoms with Crippen molar-refractivity contribution in [3.63, 3.8) is 0 Å². The summed E-state index contributed by atoms with van der Waals surface area (Å²) in [5.41, 5.74) is 1.58. The fourth-order valence-corrected chi connectivity index (χ4v) is 2.88. The van der Waals surface area contributed by atoms with Gasteiger partial charge in [0, 0.05) is 12.6 Å². The van der Waals surface area contributed by atoms with Crippen molar-refractivity contribution in [2.75, 3.05) is 18.5 Å². The van der Waals surface area contributed by atoms with Crippen LogP contribution in [0.5, 0.6) is 5.75 Å². The number of carbonyl (C=O) groups is 2. The van der Waals surface area contributed by atoms with Crippen molar-refractivity contribution < 1.29 is 19.1 Å². The first kappa shape index (κ1) is 20.9. The first-order chi connectivity index (χ1) is 13.0. The van der Waals surface area contributed by atoms with E-state index in [0.717, 1.165) is 16.6 Å². The summed E-state index contributed by atoms with van der Waals surface area (Å²) < 4.78 is 11.6. The molecule has 0 aliphatic heterocycles. The molecule has 6 nitrogen and oxygen atoms in total. The van der Waals surface area contributed by atoms with E-state index in [1.807, 2.05) is 18.2 Å². The Bertz CT molecular complexity index is 795. The molecule has 0 aliphatic rings. The van der Waals surface area contributed by atoms with E-state index >= 15 is 0 Å². The molecule has 1 N–H and O–H groups in total. The lowest BCUT2D eigenvalue weighted by Gasteiger charge is -2.10. The molecule has 27 heavy (non-hydrogen) atoms. The van der Waals surface area contributed by atoms with Crippen LogP contribution < -0.4 is 10.1 Å². The lowest BCUT2D eigenvalue weighted by molar-refractivity contribution is -0.116. The van der Waals surface area contributed by atoms with Crippen molar-refractivity contribution in [1.82, 2.24) is 4.98 Å². The Balaban J connectivity index is 1.78. The van der Waals surface area contributed by atoms with E-state index in [0.29, 0.717) is 31.0 Å². The molecule has 0 bridgehead atoms. The first-order valence-electron chi connectivity index (χ1n) is 8.87. The quantitative estimate of drug-likeness (QED) is 0.467. The van der Waals surface area contributed by atoms with E-state index in [4.69, 9.17) is 9.47 Å². The standard InChI is InChI=1S/C20H23BrN2O4/c1-3-14-7-8-17(16(21)12-14)27-11-5-6-19(24)23-18-13-15(9-10-22-18)20(25)26-4-2/h7-10,12-13H,3-6,11H2,1-2H3,(H,22,23,24). The van der Waals surface area contributed by atoms with Crippen LogP contribution in [0.1, 0.15) is 42.6 Å². The van der Waals surface area contributed by atoms with Gasteiger partial charge in [-0.05, 0) is 65.5 Å². The highest BCUT2D eigenvalue weighted by Crippen LogP contribution is 2.26. The van der Waals surface area contributed by atoms with Crippen LogP contribution in [0.3, 0.4) is 0 Å². The van der Waals surface area contributed by atoms with Gasteiger partial charge in [0.2, 0.25) is 5.91 Å². The van der Waals surface area contributed by atoms with E-state index in [1.54, 1.807) is 13.0 Å². The molecule has 0 radical (unpaired) electrons. The maximum Gasteiger partial charge on any atom is 0.338 e. The van der Waals surface area contributed by atoms with E-state index < -0.39 is 5.97 Å². The Hall–Kier alpha value is -2.41. The minimum Gasteiger partial charge on any atom is -0.492 e. The van der Waals surface area contributed by atoms with Crippen molar-refractivity contribution in [2.24, 2.45) is 0 Å². The molecular formula is C20H23BrN2O4. The molecule has 1 aromatic heterocycles. The molecule has 0 aliphatic carbocycles. The van der Waals surface area contributed by atoms with Crippen LogP contribution in [0.15, 0.2) is 41.0 Å². The lowest BCUT2D eigenvalue weighted by atomic mass is 10.2. The topological polar surface area (TPSA) is 77.5 Å². The van der Waals surface area contributed by atoms with Crippen LogP contribution in [0.25, 0.3) is 0 Å². The van der Waals surface area contributed by atoms with Gasteiger partial charge in [-0.2, -0.15) is 0 Å². The van der Waals surface area contributed by atoms with Gasteiger partial charge >= 0.3 is 5.97 Å². The third-order valence-electron chi connectivity index (χ3n) is 3.75. The second kappa shape index (κ2) is 10.7. The molecule has 1 aromatic carbocycles. The maximum absolute atomic E-state index is 12.0. The number of pyridine rings is 1. The second-order valence-corrected chi connectivity index (χ2v) is 6.62. The summed E-state index contributed by atoms with van der Waals surface area (Å²) in [5, 5.41) is 2.68. The van der Waals surface area contributed by atoms with Gasteiger partial charge in [-0.3, -0.25) is 4.79 Å². The highest BCUT2D eigenvalue weighted by atomic mass is 79.9. The maximum atomic E-state index is 12.0. The third kappa shape index (κ3) is 6.67. The number of aromatic nitrogens is 1. The van der Waals surface area contributed by atoms with Gasteiger partial charge in [0.25, 0.3) is 0 Å². The summed E-state index contributed by atoms with van der Waals surface area (Å²) in [5.74, 6) is 0.455. The number of halogens is 1. The zero-order valence-electron chi connectivity index (χ0n) is 15.5. The number of amides is 1. The predicted molar refractivity (Wildman–Crippen MR) is 107 cm³/mol. The Morgan fingerprint density at radius 3 is 2.70 bits per heavy atom. The normalized spacial score (nSPS) is 10.3. The molecule has 0 fully saturated rings. The molecule has 0 unspecified atom stereocenters. The van der Waals surface area contributed by atoms with Gasteiger partial charge in [-0.25, -0.2) is 9.78 Å². The van der Waals surface area contributed by atoms with Gasteiger partial charge in [0.05, 0.1) is 23.2 Å². The first-order valence-corrected chi connectivity index (χ1v) is 9.67. The zero-order chi connectivity index (χ0) is 19.6. The number of hydrogen-bond acceptors (Lipinski definition) is 5. The molecule has 144 valence electrons. The van der Waals surface area contributed by atoms with Crippen molar-refractivity contribution in [3.8, 4) is 5.75 Å². The van der Waals surface area contributed by atoms with Crippen LogP contribution in [0, 0.1) is 0 Å². The Kier molecular flexibility index (Phi) is 8.26. The van der Waals surface area contributed by atoms with E-state index in [2.05, 4.69) is 33.2 Å². The monoisotopic (exact) mass is 434 g/mol. The van der Waals surface area contributed by atoms with E-state index in [-0.39, 0.29) is 12.3 Å². The molecule has 0 spiro atoms. The number of ether oxygens (including phenoxy) is 2. The van der Waals surface area contributed by atoms with Gasteiger partial charge in [0.15, 0.2) is 0 Å². The highest BCUT2D eigenvalue weighted by molar-refractivity contribution is 9.10. The van der Waals surface area contributed by atoms with Crippen LogP contribution in [0.4, 0.5) is 5.82 Å². The zero-order valence-corrected chi connectivity index (χ0v) is 17.0. The molecule has 1 amide bonds. The number of aryl methyl sites for hydroxylation is 1. The number of nitrogens with one attached hydrogen (secondary N) is 1. The van der Waals surface area contributed by atoms with Gasteiger partial charge in [-0.1, -0.05) is 13.0 Å². The van der Waals surface area contributed by atoms with Crippen LogP contribution in [-0.4, -0.2) is 30.1 Å². The number of esters is 1. The molecule has 0 saturated heterocycles. The predicted octanol–water partition coefficient (Wildman–Crippen LogP) is 4.38. The third-order valence-corrected chi connectivity index (χ3v) is 4.37. The van der Waals surface area contributed by atoms with Gasteiger partial charge in [0.1, 0.15) is 11.6 Å². The summed E-state index contributed by atoms with van der Waals surface area (Å²) in [4.78, 5) is 27.8. The second-order valence-electron chi connectivity index (χ2n) is 5.77. The number of carbonyl (C=O) groups excluding carboxylic acids is 2. The Morgan fingerprint density at radius 2 is 2.00 bits per heavy atom.